The van der Waals surface area contributed by atoms with Crippen LogP contribution in [-0.4, -0.2) is 45.2 Å². The Morgan fingerprint density at radius 2 is 1.79 bits per heavy atom. The zero-order valence-corrected chi connectivity index (χ0v) is 13.6. The standard InChI is InChI=1S/C17H22N4O3/c1-18-17(21-11-13-23-14-6-3-2-4-7-14)20-10-9-19-16(22)15-8-5-12-24-15/h2-8,12H,9-11,13H2,1H3,(H,19,22)(H2,18,20,21). The Kier molecular flexibility index (Phi) is 7.20. The molecule has 1 amide bonds. The van der Waals surface area contributed by atoms with Gasteiger partial charge in [0.25, 0.3) is 5.91 Å². The van der Waals surface area contributed by atoms with Crippen LogP contribution in [0, 0.1) is 0 Å². The summed E-state index contributed by atoms with van der Waals surface area (Å²) in [6.45, 7) is 2.15. The molecular formula is C17H22N4O3. The number of hydrogen-bond acceptors (Lipinski definition) is 4. The minimum Gasteiger partial charge on any atom is -0.492 e. The number of aliphatic imine (C=N–C) groups is 1. The Hall–Kier alpha value is -2.96. The van der Waals surface area contributed by atoms with E-state index < -0.39 is 0 Å². The Morgan fingerprint density at radius 1 is 1.04 bits per heavy atom. The van der Waals surface area contributed by atoms with E-state index >= 15 is 0 Å². The number of nitrogens with zero attached hydrogens (tertiary/aromatic N) is 1. The monoisotopic (exact) mass is 330 g/mol. The van der Waals surface area contributed by atoms with Gasteiger partial charge in [-0.05, 0) is 24.3 Å². The van der Waals surface area contributed by atoms with Crippen LogP contribution in [0.1, 0.15) is 10.6 Å². The molecule has 0 aliphatic heterocycles. The average molecular weight is 330 g/mol. The molecule has 3 N–H and O–H groups in total. The third-order valence-electron chi connectivity index (χ3n) is 3.08. The first-order valence-electron chi connectivity index (χ1n) is 7.73. The summed E-state index contributed by atoms with van der Waals surface area (Å²) in [5, 5.41) is 9.00. The Labute approximate surface area is 141 Å². The quantitative estimate of drug-likeness (QED) is 0.385. The van der Waals surface area contributed by atoms with E-state index in [0.717, 1.165) is 5.75 Å². The number of nitrogens with one attached hydrogen (secondary N) is 3. The van der Waals surface area contributed by atoms with E-state index in [4.69, 9.17) is 9.15 Å². The van der Waals surface area contributed by atoms with Crippen molar-refractivity contribution in [3.63, 3.8) is 0 Å². The molecule has 128 valence electrons. The van der Waals surface area contributed by atoms with Crippen LogP contribution in [0.2, 0.25) is 0 Å². The molecule has 0 fully saturated rings. The van der Waals surface area contributed by atoms with Crippen LogP contribution >= 0.6 is 0 Å². The molecule has 7 nitrogen and oxygen atoms in total. The van der Waals surface area contributed by atoms with Crippen molar-refractivity contribution in [1.82, 2.24) is 16.0 Å². The lowest BCUT2D eigenvalue weighted by atomic mass is 10.3. The van der Waals surface area contributed by atoms with Gasteiger partial charge in [0.05, 0.1) is 12.8 Å². The zero-order valence-electron chi connectivity index (χ0n) is 13.6. The summed E-state index contributed by atoms with van der Waals surface area (Å²) in [6, 6.07) is 12.9. The molecule has 2 aromatic rings. The number of para-hydroxylation sites is 1. The molecule has 0 atom stereocenters. The SMILES string of the molecule is CN=C(NCCNC(=O)c1ccco1)NCCOc1ccccc1. The lowest BCUT2D eigenvalue weighted by molar-refractivity contribution is 0.0926. The average Bonchev–Trinajstić information content (AvgIpc) is 3.16. The van der Waals surface area contributed by atoms with E-state index in [9.17, 15) is 4.79 Å². The highest BCUT2D eigenvalue weighted by Crippen LogP contribution is 2.07. The number of amides is 1. The molecule has 0 radical (unpaired) electrons. The van der Waals surface area contributed by atoms with E-state index in [1.807, 2.05) is 30.3 Å². The minimum atomic E-state index is -0.235. The van der Waals surface area contributed by atoms with Crippen LogP contribution in [0.25, 0.3) is 0 Å². The van der Waals surface area contributed by atoms with Crippen LogP contribution in [0.3, 0.4) is 0 Å². The van der Waals surface area contributed by atoms with Gasteiger partial charge < -0.3 is 25.1 Å². The molecule has 0 unspecified atom stereocenters. The number of hydrogen-bond donors (Lipinski definition) is 3. The highest BCUT2D eigenvalue weighted by atomic mass is 16.5. The lowest BCUT2D eigenvalue weighted by Crippen LogP contribution is -2.42. The highest BCUT2D eigenvalue weighted by molar-refractivity contribution is 5.91. The molecule has 0 saturated heterocycles. The first kappa shape index (κ1) is 17.4. The maximum Gasteiger partial charge on any atom is 0.287 e. The zero-order chi connectivity index (χ0) is 17.0. The van der Waals surface area contributed by atoms with Gasteiger partial charge in [-0.2, -0.15) is 0 Å². The maximum absolute atomic E-state index is 11.7. The Bertz CT molecular complexity index is 627. The van der Waals surface area contributed by atoms with Crippen LogP contribution in [0.15, 0.2) is 58.1 Å². The largest absolute Gasteiger partial charge is 0.492 e. The van der Waals surface area contributed by atoms with Gasteiger partial charge in [-0.1, -0.05) is 18.2 Å². The minimum absolute atomic E-state index is 0.235. The Balaban J connectivity index is 1.56. The fraction of sp³-hybridized carbons (Fsp3) is 0.294. The second kappa shape index (κ2) is 9.94. The third-order valence-corrected chi connectivity index (χ3v) is 3.08. The fourth-order valence-corrected chi connectivity index (χ4v) is 1.93. The summed E-state index contributed by atoms with van der Waals surface area (Å²) < 4.78 is 10.6. The number of rotatable bonds is 8. The van der Waals surface area contributed by atoms with E-state index in [0.29, 0.717) is 38.0 Å². The maximum atomic E-state index is 11.7. The number of guanidine groups is 1. The van der Waals surface area contributed by atoms with E-state index in [2.05, 4.69) is 20.9 Å². The number of ether oxygens (including phenoxy) is 1. The van der Waals surface area contributed by atoms with Crippen molar-refractivity contribution in [2.24, 2.45) is 4.99 Å². The number of carbonyl (C=O) groups excluding carboxylic acids is 1. The normalized spacial score (nSPS) is 11.0. The van der Waals surface area contributed by atoms with Crippen LogP contribution < -0.4 is 20.7 Å². The van der Waals surface area contributed by atoms with Crippen molar-refractivity contribution in [2.75, 3.05) is 33.3 Å². The van der Waals surface area contributed by atoms with Gasteiger partial charge in [0, 0.05) is 20.1 Å². The topological polar surface area (TPSA) is 87.9 Å². The predicted octanol–water partition coefficient (Wildman–Crippen LogP) is 1.25. The van der Waals surface area contributed by atoms with Gasteiger partial charge in [-0.15, -0.1) is 0 Å². The molecule has 1 aromatic carbocycles. The van der Waals surface area contributed by atoms with Gasteiger partial charge in [-0.25, -0.2) is 0 Å². The summed E-state index contributed by atoms with van der Waals surface area (Å²) in [4.78, 5) is 15.8. The molecule has 0 bridgehead atoms. The smallest absolute Gasteiger partial charge is 0.287 e. The predicted molar refractivity (Wildman–Crippen MR) is 92.3 cm³/mol. The molecular weight excluding hydrogens is 308 g/mol. The second-order valence-corrected chi connectivity index (χ2v) is 4.82. The van der Waals surface area contributed by atoms with Crippen LogP contribution in [-0.2, 0) is 0 Å². The molecule has 24 heavy (non-hydrogen) atoms. The van der Waals surface area contributed by atoms with Crippen molar-refractivity contribution < 1.29 is 13.9 Å². The summed E-state index contributed by atoms with van der Waals surface area (Å²) in [5.41, 5.74) is 0. The van der Waals surface area contributed by atoms with Gasteiger partial charge >= 0.3 is 0 Å². The van der Waals surface area contributed by atoms with Crippen molar-refractivity contribution in [2.45, 2.75) is 0 Å². The molecule has 0 aliphatic rings. The number of furan rings is 1. The van der Waals surface area contributed by atoms with Gasteiger partial charge in [0.15, 0.2) is 11.7 Å². The van der Waals surface area contributed by atoms with Crippen LogP contribution in [0.4, 0.5) is 0 Å². The van der Waals surface area contributed by atoms with Crippen molar-refractivity contribution in [3.8, 4) is 5.75 Å². The molecule has 7 heteroatoms. The van der Waals surface area contributed by atoms with Crippen molar-refractivity contribution >= 4 is 11.9 Å². The van der Waals surface area contributed by atoms with E-state index in [1.54, 1.807) is 19.2 Å². The molecule has 2 rings (SSSR count). The lowest BCUT2D eigenvalue weighted by Gasteiger charge is -2.12. The summed E-state index contributed by atoms with van der Waals surface area (Å²) in [7, 11) is 1.69. The van der Waals surface area contributed by atoms with Crippen molar-refractivity contribution in [3.05, 3.63) is 54.5 Å². The van der Waals surface area contributed by atoms with E-state index in [-0.39, 0.29) is 5.91 Å². The summed E-state index contributed by atoms with van der Waals surface area (Å²) in [5.74, 6) is 1.55. The fourth-order valence-electron chi connectivity index (χ4n) is 1.93. The molecule has 0 aliphatic carbocycles. The van der Waals surface area contributed by atoms with E-state index in [1.165, 1.54) is 6.26 Å². The second-order valence-electron chi connectivity index (χ2n) is 4.82. The molecule has 0 saturated carbocycles. The molecule has 1 heterocycles. The number of carbonyl (C=O) groups is 1. The Morgan fingerprint density at radius 3 is 2.50 bits per heavy atom. The van der Waals surface area contributed by atoms with Crippen molar-refractivity contribution in [1.29, 1.82) is 0 Å². The van der Waals surface area contributed by atoms with Gasteiger partial charge in [0.1, 0.15) is 12.4 Å². The summed E-state index contributed by atoms with van der Waals surface area (Å²) >= 11 is 0. The first-order chi connectivity index (χ1) is 11.8. The third kappa shape index (κ3) is 6.04. The van der Waals surface area contributed by atoms with Crippen LogP contribution in [0.5, 0.6) is 5.75 Å². The molecule has 1 aromatic heterocycles. The first-order valence-corrected chi connectivity index (χ1v) is 7.73. The van der Waals surface area contributed by atoms with Gasteiger partial charge in [0.2, 0.25) is 0 Å². The van der Waals surface area contributed by atoms with Gasteiger partial charge in [-0.3, -0.25) is 9.79 Å². The molecule has 0 spiro atoms. The number of benzene rings is 1. The highest BCUT2D eigenvalue weighted by Gasteiger charge is 2.06. The summed E-state index contributed by atoms with van der Waals surface area (Å²) in [6.07, 6.45) is 1.47.